The number of aliphatic hydroxyl groups is 6. The van der Waals surface area contributed by atoms with Crippen LogP contribution < -0.4 is 0 Å². The third-order valence-electron chi connectivity index (χ3n) is 4.78. The Hall–Kier alpha value is -1.67. The van der Waals surface area contributed by atoms with Gasteiger partial charge < -0.3 is 49.6 Å². The molecule has 1 aromatic rings. The van der Waals surface area contributed by atoms with E-state index in [1.54, 1.807) is 18.2 Å². The molecule has 0 bridgehead atoms. The highest BCUT2D eigenvalue weighted by atomic mass is 16.7. The summed E-state index contributed by atoms with van der Waals surface area (Å²) in [7, 11) is 0. The number of aliphatic hydroxyl groups excluding tert-OH is 6. The van der Waals surface area contributed by atoms with Crippen LogP contribution in [-0.2, 0) is 18.9 Å². The molecule has 6 N–H and O–H groups in total. The fraction of sp³-hybridized carbons (Fsp3) is 0.611. The number of hydrogen-bond acceptors (Lipinski definition) is 11. The Morgan fingerprint density at radius 2 is 1.55 bits per heavy atom. The molecule has 0 aliphatic carbocycles. The molecule has 11 nitrogen and oxygen atoms in total. The van der Waals surface area contributed by atoms with Gasteiger partial charge in [-0.25, -0.2) is 4.79 Å². The van der Waals surface area contributed by atoms with E-state index in [9.17, 15) is 35.4 Å². The monoisotopic (exact) mass is 416 g/mol. The van der Waals surface area contributed by atoms with Gasteiger partial charge in [0.15, 0.2) is 6.29 Å². The van der Waals surface area contributed by atoms with Crippen molar-refractivity contribution in [3.63, 3.8) is 0 Å². The molecule has 11 heteroatoms. The van der Waals surface area contributed by atoms with Gasteiger partial charge in [-0.15, -0.1) is 0 Å². The van der Waals surface area contributed by atoms with E-state index in [0.717, 1.165) is 0 Å². The number of carbonyl (C=O) groups is 1. The molecule has 2 fully saturated rings. The Morgan fingerprint density at radius 1 is 0.897 bits per heavy atom. The summed E-state index contributed by atoms with van der Waals surface area (Å²) in [5.74, 6) is -0.805. The van der Waals surface area contributed by atoms with Gasteiger partial charge in [0.1, 0.15) is 42.7 Å². The summed E-state index contributed by atoms with van der Waals surface area (Å²) >= 11 is 0. The van der Waals surface area contributed by atoms with E-state index in [0.29, 0.717) is 0 Å². The van der Waals surface area contributed by atoms with Crippen LogP contribution in [0.3, 0.4) is 0 Å². The zero-order valence-electron chi connectivity index (χ0n) is 15.2. The van der Waals surface area contributed by atoms with Crippen LogP contribution in [0, 0.1) is 0 Å². The van der Waals surface area contributed by atoms with E-state index in [1.165, 1.54) is 12.1 Å². The first-order valence-electron chi connectivity index (χ1n) is 9.02. The van der Waals surface area contributed by atoms with Gasteiger partial charge in [-0.2, -0.15) is 0 Å². The number of ether oxygens (including phenoxy) is 4. The van der Waals surface area contributed by atoms with Gasteiger partial charge in [0.2, 0.25) is 6.29 Å². The molecule has 0 saturated carbocycles. The van der Waals surface area contributed by atoms with Crippen LogP contribution in [0.4, 0.5) is 0 Å². The maximum atomic E-state index is 12.2. The Balaban J connectivity index is 1.61. The van der Waals surface area contributed by atoms with Gasteiger partial charge in [0.05, 0.1) is 18.8 Å². The van der Waals surface area contributed by atoms with Gasteiger partial charge >= 0.3 is 5.97 Å². The van der Waals surface area contributed by atoms with Crippen LogP contribution >= 0.6 is 0 Å². The lowest BCUT2D eigenvalue weighted by molar-refractivity contribution is -0.311. The SMILES string of the molecule is O=C(O[C@@H]1O[C@H](CO[C@@H]2OC[C@@H](O)[C@H](O)[C@H]2O)[C@@H](O)[C@H](O)[C@H]1O)c1ccccc1. The highest BCUT2D eigenvalue weighted by Gasteiger charge is 2.47. The fourth-order valence-electron chi connectivity index (χ4n) is 3.01. The second kappa shape index (κ2) is 9.43. The van der Waals surface area contributed by atoms with E-state index >= 15 is 0 Å². The molecule has 0 radical (unpaired) electrons. The minimum Gasteiger partial charge on any atom is -0.429 e. The van der Waals surface area contributed by atoms with E-state index in [2.05, 4.69) is 0 Å². The lowest BCUT2D eigenvalue weighted by atomic mass is 9.99. The molecule has 9 atom stereocenters. The second-order valence-corrected chi connectivity index (χ2v) is 6.87. The number of carbonyl (C=O) groups excluding carboxylic acids is 1. The van der Waals surface area contributed by atoms with Crippen molar-refractivity contribution in [2.45, 2.75) is 55.3 Å². The Bertz CT molecular complexity index is 671. The average Bonchev–Trinajstić information content (AvgIpc) is 2.73. The topological polar surface area (TPSA) is 175 Å². The fourth-order valence-corrected chi connectivity index (χ4v) is 3.01. The maximum Gasteiger partial charge on any atom is 0.340 e. The molecule has 2 saturated heterocycles. The van der Waals surface area contributed by atoms with Gasteiger partial charge in [0.25, 0.3) is 0 Å². The van der Waals surface area contributed by atoms with E-state index in [1.807, 2.05) is 0 Å². The molecule has 2 aliphatic rings. The number of esters is 1. The second-order valence-electron chi connectivity index (χ2n) is 6.87. The summed E-state index contributed by atoms with van der Waals surface area (Å²) in [4.78, 5) is 12.2. The van der Waals surface area contributed by atoms with Crippen molar-refractivity contribution in [3.05, 3.63) is 35.9 Å². The normalized spacial score (nSPS) is 40.4. The Kier molecular flexibility index (Phi) is 7.16. The van der Waals surface area contributed by atoms with Gasteiger partial charge in [-0.3, -0.25) is 0 Å². The third-order valence-corrected chi connectivity index (χ3v) is 4.78. The van der Waals surface area contributed by atoms with Crippen LogP contribution in [0.2, 0.25) is 0 Å². The zero-order chi connectivity index (χ0) is 21.1. The van der Waals surface area contributed by atoms with Crippen LogP contribution in [0.15, 0.2) is 30.3 Å². The molecule has 3 rings (SSSR count). The van der Waals surface area contributed by atoms with Crippen molar-refractivity contribution in [1.82, 2.24) is 0 Å². The molecule has 0 aromatic heterocycles. The van der Waals surface area contributed by atoms with Crippen molar-refractivity contribution < 1.29 is 54.4 Å². The lowest BCUT2D eigenvalue weighted by Gasteiger charge is -2.41. The van der Waals surface area contributed by atoms with Crippen molar-refractivity contribution in [1.29, 1.82) is 0 Å². The highest BCUT2D eigenvalue weighted by Crippen LogP contribution is 2.25. The summed E-state index contributed by atoms with van der Waals surface area (Å²) in [5.41, 5.74) is 0.197. The van der Waals surface area contributed by atoms with Gasteiger partial charge in [-0.05, 0) is 12.1 Å². The smallest absolute Gasteiger partial charge is 0.340 e. The molecule has 0 amide bonds. The zero-order valence-corrected chi connectivity index (χ0v) is 15.2. The summed E-state index contributed by atoms with van der Waals surface area (Å²) < 4.78 is 20.8. The molecule has 29 heavy (non-hydrogen) atoms. The van der Waals surface area contributed by atoms with Gasteiger partial charge in [0, 0.05) is 0 Å². The summed E-state index contributed by atoms with van der Waals surface area (Å²) in [6.07, 6.45) is -13.5. The summed E-state index contributed by atoms with van der Waals surface area (Å²) in [5, 5.41) is 59.2. The van der Waals surface area contributed by atoms with E-state index < -0.39 is 67.9 Å². The molecule has 1 aromatic carbocycles. The minimum atomic E-state index is -1.71. The van der Waals surface area contributed by atoms with Crippen LogP contribution in [0.25, 0.3) is 0 Å². The van der Waals surface area contributed by atoms with E-state index in [-0.39, 0.29) is 12.2 Å². The number of rotatable bonds is 5. The largest absolute Gasteiger partial charge is 0.429 e. The van der Waals surface area contributed by atoms with Crippen LogP contribution in [0.1, 0.15) is 10.4 Å². The Morgan fingerprint density at radius 3 is 2.24 bits per heavy atom. The third kappa shape index (κ3) is 4.91. The number of benzene rings is 1. The molecular formula is C18H24O11. The van der Waals surface area contributed by atoms with Gasteiger partial charge in [-0.1, -0.05) is 18.2 Å². The summed E-state index contributed by atoms with van der Waals surface area (Å²) in [6.45, 7) is -0.718. The molecule has 2 heterocycles. The van der Waals surface area contributed by atoms with Crippen molar-refractivity contribution in [2.75, 3.05) is 13.2 Å². The predicted octanol–water partition coefficient (Wildman–Crippen LogP) is -2.89. The lowest BCUT2D eigenvalue weighted by Crippen LogP contribution is -2.60. The molecule has 162 valence electrons. The van der Waals surface area contributed by atoms with E-state index in [4.69, 9.17) is 18.9 Å². The molecule has 2 aliphatic heterocycles. The van der Waals surface area contributed by atoms with Crippen LogP contribution in [-0.4, -0.2) is 105 Å². The standard InChI is InChI=1S/C18H24O11/c19-9-6-26-17(14(23)11(9)20)27-7-10-12(21)13(22)15(24)18(28-10)29-16(25)8-4-2-1-3-5-8/h1-5,9-15,17-24H,6-7H2/t9-,10-,11+,12-,13+,14-,15-,17+,18+/m1/s1. The first-order valence-corrected chi connectivity index (χ1v) is 9.02. The quantitative estimate of drug-likeness (QED) is 0.272. The molecule has 0 unspecified atom stereocenters. The maximum absolute atomic E-state index is 12.2. The first-order chi connectivity index (χ1) is 13.8. The highest BCUT2D eigenvalue weighted by molar-refractivity contribution is 5.89. The molecule has 0 spiro atoms. The predicted molar refractivity (Wildman–Crippen MR) is 92.3 cm³/mol. The van der Waals surface area contributed by atoms with Crippen molar-refractivity contribution in [3.8, 4) is 0 Å². The first kappa shape index (κ1) is 22.0. The van der Waals surface area contributed by atoms with Crippen LogP contribution in [0.5, 0.6) is 0 Å². The van der Waals surface area contributed by atoms with Crippen molar-refractivity contribution >= 4 is 5.97 Å². The van der Waals surface area contributed by atoms with Crippen molar-refractivity contribution in [2.24, 2.45) is 0 Å². The summed E-state index contributed by atoms with van der Waals surface area (Å²) in [6, 6.07) is 7.92. The Labute approximate surface area is 165 Å². The average molecular weight is 416 g/mol. The minimum absolute atomic E-state index is 0.197. The molecular weight excluding hydrogens is 392 g/mol. The number of hydrogen-bond donors (Lipinski definition) is 6.